The van der Waals surface area contributed by atoms with Crippen molar-refractivity contribution in [3.05, 3.63) is 23.5 Å². The van der Waals surface area contributed by atoms with Gasteiger partial charge in [0.2, 0.25) is 11.7 Å². The van der Waals surface area contributed by atoms with Crippen LogP contribution in [-0.2, 0) is 10.0 Å². The van der Waals surface area contributed by atoms with Gasteiger partial charge >= 0.3 is 6.61 Å². The standard InChI is InChI=1S/C14H12ClF2N5O5S/c1-25-11-9(27-13(16)17)12(26-2)21-14(20-11)22-28(23,24)7-5-18-10-6(7)3-4-8(15)19-10/h3-5,13H,1-2H3,(H,18,19)(H,20,21,22). The van der Waals surface area contributed by atoms with E-state index in [9.17, 15) is 17.2 Å². The number of hydrogen-bond donors (Lipinski definition) is 2. The van der Waals surface area contributed by atoms with Gasteiger partial charge in [0.1, 0.15) is 15.7 Å². The first-order valence-corrected chi connectivity index (χ1v) is 9.22. The van der Waals surface area contributed by atoms with Crippen molar-refractivity contribution in [1.82, 2.24) is 19.9 Å². The van der Waals surface area contributed by atoms with Crippen LogP contribution >= 0.6 is 11.6 Å². The summed E-state index contributed by atoms with van der Waals surface area (Å²) in [6, 6.07) is 2.90. The maximum Gasteiger partial charge on any atom is 0.387 e. The number of alkyl halides is 2. The number of anilines is 1. The summed E-state index contributed by atoms with van der Waals surface area (Å²) in [5.74, 6) is -1.95. The molecule has 0 atom stereocenters. The summed E-state index contributed by atoms with van der Waals surface area (Å²) in [5.41, 5.74) is 0.254. The molecule has 3 heterocycles. The summed E-state index contributed by atoms with van der Waals surface area (Å²) >= 11 is 5.78. The Morgan fingerprint density at radius 1 is 1.14 bits per heavy atom. The average molecular weight is 436 g/mol. The summed E-state index contributed by atoms with van der Waals surface area (Å²) in [6.45, 7) is -3.19. The van der Waals surface area contributed by atoms with Crippen molar-refractivity contribution in [2.24, 2.45) is 0 Å². The number of methoxy groups -OCH3 is 2. The van der Waals surface area contributed by atoms with Crippen molar-refractivity contribution in [2.75, 3.05) is 18.9 Å². The quantitative estimate of drug-likeness (QED) is 0.541. The number of sulfonamides is 1. The Balaban J connectivity index is 2.01. The van der Waals surface area contributed by atoms with Gasteiger partial charge in [-0.2, -0.15) is 18.7 Å². The molecule has 0 amide bonds. The number of hydrogen-bond acceptors (Lipinski definition) is 8. The van der Waals surface area contributed by atoms with Crippen LogP contribution in [0.25, 0.3) is 11.0 Å². The molecule has 3 aromatic rings. The van der Waals surface area contributed by atoms with Gasteiger partial charge in [-0.25, -0.2) is 18.1 Å². The molecule has 150 valence electrons. The van der Waals surface area contributed by atoms with Crippen LogP contribution in [0, 0.1) is 0 Å². The van der Waals surface area contributed by atoms with Gasteiger partial charge in [-0.05, 0) is 12.1 Å². The first-order chi connectivity index (χ1) is 13.2. The van der Waals surface area contributed by atoms with Gasteiger partial charge in [0.15, 0.2) is 0 Å². The third-order valence-electron chi connectivity index (χ3n) is 3.38. The van der Waals surface area contributed by atoms with E-state index in [1.54, 1.807) is 0 Å². The van der Waals surface area contributed by atoms with Crippen molar-refractivity contribution in [1.29, 1.82) is 0 Å². The van der Waals surface area contributed by atoms with Gasteiger partial charge in [-0.3, -0.25) is 0 Å². The second-order valence-electron chi connectivity index (χ2n) is 5.06. The minimum absolute atomic E-state index is 0.152. The molecule has 2 N–H and O–H groups in total. The van der Waals surface area contributed by atoms with Crippen molar-refractivity contribution in [3.63, 3.8) is 0 Å². The second-order valence-corrected chi connectivity index (χ2v) is 7.10. The fourth-order valence-electron chi connectivity index (χ4n) is 2.28. The molecular weight excluding hydrogens is 424 g/mol. The largest absolute Gasteiger partial charge is 0.478 e. The van der Waals surface area contributed by atoms with Gasteiger partial charge in [-0.1, -0.05) is 11.6 Å². The number of rotatable bonds is 7. The summed E-state index contributed by atoms with van der Waals surface area (Å²) < 4.78 is 66.7. The molecule has 0 saturated heterocycles. The average Bonchev–Trinajstić information content (AvgIpc) is 3.05. The van der Waals surface area contributed by atoms with Gasteiger partial charge in [-0.15, -0.1) is 0 Å². The first-order valence-electron chi connectivity index (χ1n) is 7.36. The van der Waals surface area contributed by atoms with Crippen molar-refractivity contribution in [2.45, 2.75) is 11.5 Å². The van der Waals surface area contributed by atoms with E-state index in [-0.39, 0.29) is 21.1 Å². The fourth-order valence-corrected chi connectivity index (χ4v) is 3.53. The number of ether oxygens (including phenoxy) is 3. The molecule has 0 aliphatic rings. The van der Waals surface area contributed by atoms with Gasteiger partial charge in [0.05, 0.1) is 14.2 Å². The molecule has 0 radical (unpaired) electrons. The predicted octanol–water partition coefficient (Wildman–Crippen LogP) is 2.43. The molecule has 3 aromatic heterocycles. The van der Waals surface area contributed by atoms with E-state index in [2.05, 4.69) is 29.4 Å². The normalized spacial score (nSPS) is 11.6. The monoisotopic (exact) mass is 435 g/mol. The SMILES string of the molecule is COc1nc(NS(=O)(=O)c2c[nH]c3nc(Cl)ccc23)nc(OC)c1OC(F)F. The lowest BCUT2D eigenvalue weighted by atomic mass is 10.3. The molecule has 10 nitrogen and oxygen atoms in total. The van der Waals surface area contributed by atoms with Crippen molar-refractivity contribution < 1.29 is 31.4 Å². The molecule has 14 heteroatoms. The van der Waals surface area contributed by atoms with Crippen LogP contribution in [0.5, 0.6) is 17.5 Å². The van der Waals surface area contributed by atoms with Gasteiger partial charge in [0.25, 0.3) is 21.8 Å². The minimum Gasteiger partial charge on any atom is -0.478 e. The highest BCUT2D eigenvalue weighted by molar-refractivity contribution is 7.93. The first kappa shape index (κ1) is 19.8. The second kappa shape index (κ2) is 7.59. The van der Waals surface area contributed by atoms with Crippen LogP contribution in [0.15, 0.2) is 23.2 Å². The Morgan fingerprint density at radius 2 is 1.79 bits per heavy atom. The summed E-state index contributed by atoms with van der Waals surface area (Å²) in [7, 11) is -1.92. The molecule has 28 heavy (non-hydrogen) atoms. The Labute approximate surface area is 161 Å². The van der Waals surface area contributed by atoms with Gasteiger partial charge in [0, 0.05) is 11.6 Å². The minimum atomic E-state index is -4.18. The maximum absolute atomic E-state index is 12.7. The zero-order valence-corrected chi connectivity index (χ0v) is 15.8. The highest BCUT2D eigenvalue weighted by Gasteiger charge is 2.25. The van der Waals surface area contributed by atoms with E-state index in [0.29, 0.717) is 0 Å². The number of fused-ring (bicyclic) bond motifs is 1. The zero-order chi connectivity index (χ0) is 20.5. The van der Waals surface area contributed by atoms with E-state index in [1.807, 2.05) is 0 Å². The summed E-state index contributed by atoms with van der Waals surface area (Å²) in [5, 5.41) is 0.451. The number of nitrogens with zero attached hydrogens (tertiary/aromatic N) is 3. The maximum atomic E-state index is 12.7. The van der Waals surface area contributed by atoms with Gasteiger partial charge < -0.3 is 19.2 Å². The van der Waals surface area contributed by atoms with Crippen LogP contribution in [0.4, 0.5) is 14.7 Å². The molecule has 0 spiro atoms. The van der Waals surface area contributed by atoms with Crippen LogP contribution in [0.3, 0.4) is 0 Å². The number of nitrogens with one attached hydrogen (secondary N) is 2. The third kappa shape index (κ3) is 3.84. The zero-order valence-electron chi connectivity index (χ0n) is 14.2. The number of aromatic nitrogens is 4. The van der Waals surface area contributed by atoms with E-state index >= 15 is 0 Å². The number of halogens is 3. The summed E-state index contributed by atoms with van der Waals surface area (Å²) in [4.78, 5) is 14.0. The van der Waals surface area contributed by atoms with E-state index in [4.69, 9.17) is 21.1 Å². The Bertz CT molecular complexity index is 1100. The highest BCUT2D eigenvalue weighted by atomic mass is 35.5. The third-order valence-corrected chi connectivity index (χ3v) is 4.96. The number of H-pyrrole nitrogens is 1. The van der Waals surface area contributed by atoms with Crippen molar-refractivity contribution >= 4 is 38.6 Å². The Morgan fingerprint density at radius 3 is 2.36 bits per heavy atom. The van der Waals surface area contributed by atoms with E-state index in [0.717, 1.165) is 14.2 Å². The molecule has 3 rings (SSSR count). The van der Waals surface area contributed by atoms with E-state index < -0.39 is 40.1 Å². The molecular formula is C14H12ClF2N5O5S. The molecule has 0 aliphatic carbocycles. The lowest BCUT2D eigenvalue weighted by molar-refractivity contribution is -0.0533. The number of aromatic amines is 1. The predicted molar refractivity (Wildman–Crippen MR) is 93.7 cm³/mol. The molecule has 0 saturated carbocycles. The van der Waals surface area contributed by atoms with E-state index in [1.165, 1.54) is 18.3 Å². The fraction of sp³-hybridized carbons (Fsp3) is 0.214. The molecule has 0 fully saturated rings. The molecule has 0 aromatic carbocycles. The Kier molecular flexibility index (Phi) is 5.38. The lowest BCUT2D eigenvalue weighted by Gasteiger charge is -2.14. The highest BCUT2D eigenvalue weighted by Crippen LogP contribution is 2.36. The van der Waals surface area contributed by atoms with Crippen LogP contribution in [-0.4, -0.2) is 49.2 Å². The molecule has 0 bridgehead atoms. The topological polar surface area (TPSA) is 128 Å². The van der Waals surface area contributed by atoms with Crippen LogP contribution in [0.2, 0.25) is 5.15 Å². The molecule has 0 aliphatic heterocycles. The summed E-state index contributed by atoms with van der Waals surface area (Å²) in [6.07, 6.45) is 1.21. The lowest BCUT2D eigenvalue weighted by Crippen LogP contribution is -2.16. The van der Waals surface area contributed by atoms with Crippen molar-refractivity contribution in [3.8, 4) is 17.5 Å². The van der Waals surface area contributed by atoms with Crippen LogP contribution in [0.1, 0.15) is 0 Å². The Hall–Kier alpha value is -2.93. The number of pyridine rings is 1. The smallest absolute Gasteiger partial charge is 0.387 e. The molecule has 0 unspecified atom stereocenters. The van der Waals surface area contributed by atoms with Crippen LogP contribution < -0.4 is 18.9 Å².